The van der Waals surface area contributed by atoms with Crippen LogP contribution in [0.5, 0.6) is 0 Å². The molecule has 2 amide bonds. The fraction of sp³-hybridized carbons (Fsp3) is 0.333. The number of nitrogens with one attached hydrogen (secondary N) is 2. The summed E-state index contributed by atoms with van der Waals surface area (Å²) in [5.41, 5.74) is 1.60. The quantitative estimate of drug-likeness (QED) is 0.868. The highest BCUT2D eigenvalue weighted by molar-refractivity contribution is 5.95. The largest absolute Gasteiger partial charge is 0.326 e. The molecule has 1 aliphatic rings. The number of carbonyl (C=O) groups is 2. The smallest absolute Gasteiger partial charge is 0.241 e. The molecule has 2 aromatic rings. The molecule has 0 bridgehead atoms. The van der Waals surface area contributed by atoms with E-state index in [1.165, 1.54) is 0 Å². The molecule has 0 unspecified atom stereocenters. The van der Waals surface area contributed by atoms with Crippen molar-refractivity contribution in [1.82, 2.24) is 4.90 Å². The van der Waals surface area contributed by atoms with Gasteiger partial charge in [0.1, 0.15) is 0 Å². The summed E-state index contributed by atoms with van der Waals surface area (Å²) in [5.74, 6) is -0.118. The highest BCUT2D eigenvalue weighted by Gasteiger charge is 2.30. The normalized spacial score (nSPS) is 18.7. The summed E-state index contributed by atoms with van der Waals surface area (Å²) in [6.45, 7) is 3.33. The van der Waals surface area contributed by atoms with Crippen LogP contribution in [0.15, 0.2) is 60.7 Å². The van der Waals surface area contributed by atoms with E-state index >= 15 is 0 Å². The summed E-state index contributed by atoms with van der Waals surface area (Å²) in [6.07, 6.45) is 1.76. The van der Waals surface area contributed by atoms with E-state index in [1.807, 2.05) is 67.6 Å². The van der Waals surface area contributed by atoms with Crippen molar-refractivity contribution in [2.45, 2.75) is 25.8 Å². The molecule has 1 heterocycles. The SMILES string of the molecule is C[C@@H](C(=O)Nc1ccccc1)N1CCC[C@H](C(=O)Nc2ccccc2)C1. The molecule has 0 radical (unpaired) electrons. The average Bonchev–Trinajstić information content (AvgIpc) is 2.69. The Morgan fingerprint density at radius 2 is 1.54 bits per heavy atom. The van der Waals surface area contributed by atoms with E-state index in [4.69, 9.17) is 0 Å². The minimum Gasteiger partial charge on any atom is -0.326 e. The number of rotatable bonds is 5. The molecule has 0 saturated carbocycles. The number of hydrogen-bond donors (Lipinski definition) is 2. The minimum atomic E-state index is -0.275. The highest BCUT2D eigenvalue weighted by Crippen LogP contribution is 2.21. The van der Waals surface area contributed by atoms with Gasteiger partial charge in [-0.1, -0.05) is 36.4 Å². The van der Waals surface area contributed by atoms with Crippen molar-refractivity contribution in [3.05, 3.63) is 60.7 Å². The molecule has 1 aliphatic heterocycles. The molecule has 136 valence electrons. The number of likely N-dealkylation sites (tertiary alicyclic amines) is 1. The summed E-state index contributed by atoms with van der Waals surface area (Å²) < 4.78 is 0. The number of anilines is 2. The van der Waals surface area contributed by atoms with Gasteiger partial charge < -0.3 is 10.6 Å². The summed E-state index contributed by atoms with van der Waals surface area (Å²) in [7, 11) is 0. The highest BCUT2D eigenvalue weighted by atomic mass is 16.2. The van der Waals surface area contributed by atoms with Crippen LogP contribution in [0.4, 0.5) is 11.4 Å². The van der Waals surface area contributed by atoms with Gasteiger partial charge in [-0.2, -0.15) is 0 Å². The molecular weight excluding hydrogens is 326 g/mol. The molecular formula is C21H25N3O2. The summed E-state index contributed by atoms with van der Waals surface area (Å²) in [6, 6.07) is 18.7. The van der Waals surface area contributed by atoms with Crippen LogP contribution in [0.1, 0.15) is 19.8 Å². The Morgan fingerprint density at radius 3 is 2.15 bits per heavy atom. The second-order valence-electron chi connectivity index (χ2n) is 6.72. The van der Waals surface area contributed by atoms with Gasteiger partial charge in [0, 0.05) is 17.9 Å². The maximum absolute atomic E-state index is 12.6. The second-order valence-corrected chi connectivity index (χ2v) is 6.72. The molecule has 26 heavy (non-hydrogen) atoms. The van der Waals surface area contributed by atoms with Gasteiger partial charge in [-0.15, -0.1) is 0 Å². The number of para-hydroxylation sites is 2. The zero-order valence-corrected chi connectivity index (χ0v) is 15.0. The zero-order chi connectivity index (χ0) is 18.4. The lowest BCUT2D eigenvalue weighted by molar-refractivity contribution is -0.125. The first-order valence-corrected chi connectivity index (χ1v) is 9.09. The van der Waals surface area contributed by atoms with Gasteiger partial charge in [0.15, 0.2) is 0 Å². The van der Waals surface area contributed by atoms with Crippen LogP contribution in [-0.4, -0.2) is 35.8 Å². The molecule has 0 aliphatic carbocycles. The first-order chi connectivity index (χ1) is 12.6. The molecule has 0 spiro atoms. The average molecular weight is 351 g/mol. The summed E-state index contributed by atoms with van der Waals surface area (Å²) in [5, 5.41) is 5.92. The standard InChI is InChI=1S/C21H25N3O2/c1-16(20(25)22-18-10-4-2-5-11-18)24-14-8-9-17(15-24)21(26)23-19-12-6-3-7-13-19/h2-7,10-13,16-17H,8-9,14-15H2,1H3,(H,22,25)(H,23,26)/t16-,17-/m0/s1. The Kier molecular flexibility index (Phi) is 6.02. The van der Waals surface area contributed by atoms with Gasteiger partial charge in [0.25, 0.3) is 0 Å². The number of carbonyl (C=O) groups excluding carboxylic acids is 2. The number of hydrogen-bond acceptors (Lipinski definition) is 3. The van der Waals surface area contributed by atoms with Crippen LogP contribution in [0.3, 0.4) is 0 Å². The molecule has 3 rings (SSSR count). The van der Waals surface area contributed by atoms with E-state index in [9.17, 15) is 9.59 Å². The lowest BCUT2D eigenvalue weighted by Gasteiger charge is -2.35. The number of nitrogens with zero attached hydrogens (tertiary/aromatic N) is 1. The Labute approximate surface area is 154 Å². The molecule has 2 atom stereocenters. The number of piperidine rings is 1. The predicted octanol–water partition coefficient (Wildman–Crippen LogP) is 3.36. The molecule has 2 N–H and O–H groups in total. The van der Waals surface area contributed by atoms with Crippen LogP contribution in [0.25, 0.3) is 0 Å². The molecule has 1 saturated heterocycles. The lowest BCUT2D eigenvalue weighted by Crippen LogP contribution is -2.49. The van der Waals surface area contributed by atoms with Crippen molar-refractivity contribution in [3.8, 4) is 0 Å². The first kappa shape index (κ1) is 18.1. The third-order valence-corrected chi connectivity index (χ3v) is 4.83. The van der Waals surface area contributed by atoms with Crippen LogP contribution >= 0.6 is 0 Å². The number of amides is 2. The van der Waals surface area contributed by atoms with Crippen LogP contribution in [-0.2, 0) is 9.59 Å². The third-order valence-electron chi connectivity index (χ3n) is 4.83. The minimum absolute atomic E-state index is 0.0246. The van der Waals surface area contributed by atoms with Crippen molar-refractivity contribution >= 4 is 23.2 Å². The van der Waals surface area contributed by atoms with Crippen LogP contribution < -0.4 is 10.6 Å². The predicted molar refractivity (Wildman–Crippen MR) is 104 cm³/mol. The summed E-state index contributed by atoms with van der Waals surface area (Å²) >= 11 is 0. The fourth-order valence-corrected chi connectivity index (χ4v) is 3.27. The van der Waals surface area contributed by atoms with E-state index in [0.29, 0.717) is 6.54 Å². The summed E-state index contributed by atoms with van der Waals surface area (Å²) in [4.78, 5) is 27.2. The molecule has 1 fully saturated rings. The lowest BCUT2D eigenvalue weighted by atomic mass is 9.95. The van der Waals surface area contributed by atoms with E-state index < -0.39 is 0 Å². The van der Waals surface area contributed by atoms with Gasteiger partial charge in [-0.25, -0.2) is 0 Å². The Hall–Kier alpha value is -2.66. The maximum Gasteiger partial charge on any atom is 0.241 e. The van der Waals surface area contributed by atoms with Crippen LogP contribution in [0.2, 0.25) is 0 Å². The first-order valence-electron chi connectivity index (χ1n) is 9.09. The monoisotopic (exact) mass is 351 g/mol. The van der Waals surface area contributed by atoms with Gasteiger partial charge in [0.2, 0.25) is 11.8 Å². The third kappa shape index (κ3) is 4.70. The Balaban J connectivity index is 1.57. The number of benzene rings is 2. The topological polar surface area (TPSA) is 61.4 Å². The Bertz CT molecular complexity index is 682. The Morgan fingerprint density at radius 1 is 0.962 bits per heavy atom. The molecule has 5 heteroatoms. The second kappa shape index (κ2) is 8.63. The molecule has 5 nitrogen and oxygen atoms in total. The molecule has 2 aromatic carbocycles. The van der Waals surface area contributed by atoms with Gasteiger partial charge in [0.05, 0.1) is 12.0 Å². The van der Waals surface area contributed by atoms with Crippen molar-refractivity contribution in [2.75, 3.05) is 23.7 Å². The van der Waals surface area contributed by atoms with Crippen molar-refractivity contribution in [2.24, 2.45) is 5.92 Å². The van der Waals surface area contributed by atoms with Crippen molar-refractivity contribution in [1.29, 1.82) is 0 Å². The van der Waals surface area contributed by atoms with Crippen LogP contribution in [0, 0.1) is 5.92 Å². The maximum atomic E-state index is 12.6. The van der Waals surface area contributed by atoms with Crippen molar-refractivity contribution in [3.63, 3.8) is 0 Å². The zero-order valence-electron chi connectivity index (χ0n) is 15.0. The van der Waals surface area contributed by atoms with Gasteiger partial charge in [-0.3, -0.25) is 14.5 Å². The van der Waals surface area contributed by atoms with Crippen molar-refractivity contribution < 1.29 is 9.59 Å². The molecule has 0 aromatic heterocycles. The van der Waals surface area contributed by atoms with E-state index in [2.05, 4.69) is 15.5 Å². The van der Waals surface area contributed by atoms with E-state index in [1.54, 1.807) is 0 Å². The van der Waals surface area contributed by atoms with Gasteiger partial charge in [-0.05, 0) is 50.6 Å². The van der Waals surface area contributed by atoms with E-state index in [-0.39, 0.29) is 23.8 Å². The van der Waals surface area contributed by atoms with E-state index in [0.717, 1.165) is 30.8 Å². The fourth-order valence-electron chi connectivity index (χ4n) is 3.27. The van der Waals surface area contributed by atoms with Gasteiger partial charge >= 0.3 is 0 Å².